The first-order valence-electron chi connectivity index (χ1n) is 5.56. The smallest absolute Gasteiger partial charge is 0.226 e. The quantitative estimate of drug-likeness (QED) is 0.790. The van der Waals surface area contributed by atoms with Gasteiger partial charge in [0.2, 0.25) is 5.95 Å². The van der Waals surface area contributed by atoms with Crippen molar-refractivity contribution in [1.82, 2.24) is 29.5 Å². The third kappa shape index (κ3) is 1.64. The molecule has 90 valence electrons. The van der Waals surface area contributed by atoms with Crippen molar-refractivity contribution in [3.63, 3.8) is 0 Å². The standard InChI is InChI=1S/C9H13N7S/c1-2-16-8(12-13-9(16)17)14-3-4-15-6-10-11-7(15)5-14/h6H,2-5H2,1H3,(H,13,17). The molecular formula is C9H13N7S. The van der Waals surface area contributed by atoms with Gasteiger partial charge in [0.25, 0.3) is 0 Å². The fourth-order valence-electron chi connectivity index (χ4n) is 2.07. The molecule has 8 heteroatoms. The number of fused-ring (bicyclic) bond motifs is 1. The number of H-pyrrole nitrogens is 1. The summed E-state index contributed by atoms with van der Waals surface area (Å²) in [7, 11) is 0. The lowest BCUT2D eigenvalue weighted by Crippen LogP contribution is -2.35. The molecule has 7 nitrogen and oxygen atoms in total. The van der Waals surface area contributed by atoms with Gasteiger partial charge in [-0.05, 0) is 19.1 Å². The molecule has 0 aromatic carbocycles. The molecule has 0 bridgehead atoms. The molecular weight excluding hydrogens is 238 g/mol. The van der Waals surface area contributed by atoms with Gasteiger partial charge >= 0.3 is 0 Å². The Labute approximate surface area is 103 Å². The van der Waals surface area contributed by atoms with Crippen molar-refractivity contribution in [2.24, 2.45) is 0 Å². The average Bonchev–Trinajstić information content (AvgIpc) is 2.93. The minimum atomic E-state index is 0.662. The van der Waals surface area contributed by atoms with Crippen LogP contribution in [-0.2, 0) is 19.6 Å². The number of rotatable bonds is 2. The minimum absolute atomic E-state index is 0.662. The summed E-state index contributed by atoms with van der Waals surface area (Å²) in [6.45, 7) is 5.37. The van der Waals surface area contributed by atoms with Gasteiger partial charge < -0.3 is 9.47 Å². The molecule has 0 spiro atoms. The Balaban J connectivity index is 1.94. The lowest BCUT2D eigenvalue weighted by molar-refractivity contribution is 0.541. The fraction of sp³-hybridized carbons (Fsp3) is 0.556. The Hall–Kier alpha value is -1.70. The molecule has 0 aliphatic carbocycles. The molecule has 1 aliphatic rings. The second-order valence-electron chi connectivity index (χ2n) is 3.94. The summed E-state index contributed by atoms with van der Waals surface area (Å²) >= 11 is 5.19. The SMILES string of the molecule is CCn1c(N2CCn3cnnc3C2)n[nH]c1=S. The third-order valence-electron chi connectivity index (χ3n) is 2.98. The molecule has 1 N–H and O–H groups in total. The van der Waals surface area contributed by atoms with E-state index >= 15 is 0 Å². The molecule has 1 aliphatic heterocycles. The van der Waals surface area contributed by atoms with Crippen LogP contribution in [0.4, 0.5) is 5.95 Å². The van der Waals surface area contributed by atoms with E-state index in [-0.39, 0.29) is 0 Å². The molecule has 0 fully saturated rings. The van der Waals surface area contributed by atoms with Crippen LogP contribution in [0.3, 0.4) is 0 Å². The van der Waals surface area contributed by atoms with E-state index in [4.69, 9.17) is 12.2 Å². The van der Waals surface area contributed by atoms with Crippen molar-refractivity contribution >= 4 is 18.2 Å². The molecule has 0 saturated heterocycles. The summed E-state index contributed by atoms with van der Waals surface area (Å²) in [4.78, 5) is 2.17. The molecule has 0 atom stereocenters. The van der Waals surface area contributed by atoms with Crippen molar-refractivity contribution in [3.8, 4) is 0 Å². The van der Waals surface area contributed by atoms with E-state index in [9.17, 15) is 0 Å². The Morgan fingerprint density at radius 1 is 1.47 bits per heavy atom. The van der Waals surface area contributed by atoms with Gasteiger partial charge in [-0.2, -0.15) is 0 Å². The van der Waals surface area contributed by atoms with Crippen molar-refractivity contribution in [3.05, 3.63) is 16.9 Å². The Morgan fingerprint density at radius 3 is 3.18 bits per heavy atom. The molecule has 0 saturated carbocycles. The Kier molecular flexibility index (Phi) is 2.43. The first kappa shape index (κ1) is 10.5. The van der Waals surface area contributed by atoms with Crippen molar-refractivity contribution in [2.45, 2.75) is 26.6 Å². The van der Waals surface area contributed by atoms with Crippen LogP contribution in [0.5, 0.6) is 0 Å². The van der Waals surface area contributed by atoms with Crippen LogP contribution >= 0.6 is 12.2 Å². The van der Waals surface area contributed by atoms with E-state index in [0.717, 1.165) is 38.0 Å². The summed E-state index contributed by atoms with van der Waals surface area (Å²) in [6.07, 6.45) is 1.77. The van der Waals surface area contributed by atoms with Gasteiger partial charge in [-0.25, -0.2) is 5.10 Å². The van der Waals surface area contributed by atoms with Crippen LogP contribution in [0.1, 0.15) is 12.7 Å². The second kappa shape index (κ2) is 3.95. The maximum Gasteiger partial charge on any atom is 0.226 e. The van der Waals surface area contributed by atoms with Crippen molar-refractivity contribution < 1.29 is 0 Å². The number of hydrogen-bond donors (Lipinski definition) is 1. The van der Waals surface area contributed by atoms with Gasteiger partial charge in [0.1, 0.15) is 6.33 Å². The maximum atomic E-state index is 5.19. The summed E-state index contributed by atoms with van der Waals surface area (Å²) in [5, 5.41) is 15.1. The van der Waals surface area contributed by atoms with Gasteiger partial charge in [-0.1, -0.05) is 0 Å². The molecule has 3 heterocycles. The van der Waals surface area contributed by atoms with E-state index in [1.54, 1.807) is 6.33 Å². The van der Waals surface area contributed by atoms with E-state index in [1.807, 2.05) is 4.57 Å². The summed E-state index contributed by atoms with van der Waals surface area (Å²) in [6, 6.07) is 0. The number of nitrogens with zero attached hydrogens (tertiary/aromatic N) is 6. The molecule has 0 unspecified atom stereocenters. The van der Waals surface area contributed by atoms with Gasteiger partial charge in [0, 0.05) is 19.6 Å². The van der Waals surface area contributed by atoms with Gasteiger partial charge in [0.05, 0.1) is 6.54 Å². The van der Waals surface area contributed by atoms with Crippen LogP contribution in [0.2, 0.25) is 0 Å². The normalized spacial score (nSPS) is 15.0. The molecule has 2 aromatic rings. The van der Waals surface area contributed by atoms with Gasteiger partial charge in [0.15, 0.2) is 10.6 Å². The zero-order valence-corrected chi connectivity index (χ0v) is 10.3. The molecule has 3 rings (SSSR count). The highest BCUT2D eigenvalue weighted by Gasteiger charge is 2.21. The van der Waals surface area contributed by atoms with Crippen molar-refractivity contribution in [1.29, 1.82) is 0 Å². The Bertz CT molecular complexity index is 580. The number of hydrogen-bond acceptors (Lipinski definition) is 5. The predicted molar refractivity (Wildman–Crippen MR) is 64.2 cm³/mol. The fourth-order valence-corrected chi connectivity index (χ4v) is 2.33. The highest BCUT2D eigenvalue weighted by Crippen LogP contribution is 2.17. The number of aromatic nitrogens is 6. The third-order valence-corrected chi connectivity index (χ3v) is 3.29. The first-order valence-corrected chi connectivity index (χ1v) is 5.97. The summed E-state index contributed by atoms with van der Waals surface area (Å²) < 4.78 is 4.71. The van der Waals surface area contributed by atoms with E-state index in [0.29, 0.717) is 4.77 Å². The monoisotopic (exact) mass is 251 g/mol. The van der Waals surface area contributed by atoms with E-state index in [2.05, 4.69) is 36.8 Å². The van der Waals surface area contributed by atoms with Gasteiger partial charge in [-0.15, -0.1) is 15.3 Å². The molecule has 2 aromatic heterocycles. The van der Waals surface area contributed by atoms with E-state index in [1.165, 1.54) is 0 Å². The summed E-state index contributed by atoms with van der Waals surface area (Å²) in [5.41, 5.74) is 0. The van der Waals surface area contributed by atoms with Gasteiger partial charge in [-0.3, -0.25) is 4.57 Å². The average molecular weight is 251 g/mol. The lowest BCUT2D eigenvalue weighted by atomic mass is 10.4. The molecule has 0 amide bonds. The highest BCUT2D eigenvalue weighted by atomic mass is 32.1. The second-order valence-corrected chi connectivity index (χ2v) is 4.32. The molecule has 17 heavy (non-hydrogen) atoms. The van der Waals surface area contributed by atoms with Crippen LogP contribution in [0.25, 0.3) is 0 Å². The van der Waals surface area contributed by atoms with Crippen LogP contribution in [0.15, 0.2) is 6.33 Å². The van der Waals surface area contributed by atoms with Crippen molar-refractivity contribution in [2.75, 3.05) is 11.4 Å². The lowest BCUT2D eigenvalue weighted by Gasteiger charge is -2.27. The highest BCUT2D eigenvalue weighted by molar-refractivity contribution is 7.71. The predicted octanol–water partition coefficient (Wildman–Crippen LogP) is 0.572. The zero-order valence-electron chi connectivity index (χ0n) is 9.50. The zero-order chi connectivity index (χ0) is 11.8. The topological polar surface area (TPSA) is 67.6 Å². The number of aromatic amines is 1. The van der Waals surface area contributed by atoms with E-state index < -0.39 is 0 Å². The van der Waals surface area contributed by atoms with Crippen LogP contribution < -0.4 is 4.90 Å². The maximum absolute atomic E-state index is 5.19. The van der Waals surface area contributed by atoms with Crippen LogP contribution in [0, 0.1) is 4.77 Å². The first-order chi connectivity index (χ1) is 8.29. The largest absolute Gasteiger partial charge is 0.332 e. The number of anilines is 1. The van der Waals surface area contributed by atoms with Crippen LogP contribution in [-0.4, -0.2) is 36.1 Å². The molecule has 0 radical (unpaired) electrons. The summed E-state index contributed by atoms with van der Waals surface area (Å²) in [5.74, 6) is 1.85. The minimum Gasteiger partial charge on any atom is -0.332 e. The number of nitrogens with one attached hydrogen (secondary N) is 1. The Morgan fingerprint density at radius 2 is 2.35 bits per heavy atom.